The van der Waals surface area contributed by atoms with Gasteiger partial charge in [0.05, 0.1) is 0 Å². The molecule has 3 heteroatoms. The van der Waals surface area contributed by atoms with Gasteiger partial charge in [-0.05, 0) is 37.3 Å². The van der Waals surface area contributed by atoms with Gasteiger partial charge in [0, 0.05) is 13.0 Å². The van der Waals surface area contributed by atoms with Crippen molar-refractivity contribution < 1.29 is 4.79 Å². The van der Waals surface area contributed by atoms with Crippen molar-refractivity contribution in [2.45, 2.75) is 45.4 Å². The minimum Gasteiger partial charge on any atom is -0.356 e. The average molecular weight is 224 g/mol. The summed E-state index contributed by atoms with van der Waals surface area (Å²) in [5, 5.41) is 6.32. The molecule has 2 aliphatic rings. The monoisotopic (exact) mass is 224 g/mol. The molecule has 1 saturated heterocycles. The Morgan fingerprint density at radius 3 is 2.56 bits per heavy atom. The summed E-state index contributed by atoms with van der Waals surface area (Å²) in [5.74, 6) is 0.831. The highest BCUT2D eigenvalue weighted by atomic mass is 16.1. The Morgan fingerprint density at radius 1 is 1.31 bits per heavy atom. The lowest BCUT2D eigenvalue weighted by Gasteiger charge is -2.34. The summed E-state index contributed by atoms with van der Waals surface area (Å²) in [7, 11) is 0. The number of hydrogen-bond acceptors (Lipinski definition) is 2. The van der Waals surface area contributed by atoms with Gasteiger partial charge >= 0.3 is 0 Å². The second-order valence-electron chi connectivity index (χ2n) is 5.88. The van der Waals surface area contributed by atoms with E-state index in [0.717, 1.165) is 19.6 Å². The van der Waals surface area contributed by atoms with Crippen molar-refractivity contribution in [3.05, 3.63) is 0 Å². The third kappa shape index (κ3) is 3.21. The molecule has 0 spiro atoms. The Labute approximate surface area is 98.4 Å². The van der Waals surface area contributed by atoms with Crippen LogP contribution in [0.5, 0.6) is 0 Å². The van der Waals surface area contributed by atoms with Crippen molar-refractivity contribution in [2.75, 3.05) is 19.6 Å². The molecule has 1 aliphatic carbocycles. The van der Waals surface area contributed by atoms with E-state index in [-0.39, 0.29) is 5.91 Å². The van der Waals surface area contributed by atoms with Crippen LogP contribution in [0.25, 0.3) is 0 Å². The van der Waals surface area contributed by atoms with Crippen molar-refractivity contribution in [2.24, 2.45) is 11.3 Å². The lowest BCUT2D eigenvalue weighted by Crippen LogP contribution is -2.45. The first-order chi connectivity index (χ1) is 7.68. The number of carbonyl (C=O) groups excluding carboxylic acids is 1. The SMILES string of the molecule is CC1(CNC(=O)CC2CNC2)CCCCC1. The Morgan fingerprint density at radius 2 is 2.00 bits per heavy atom. The molecule has 2 rings (SSSR count). The van der Waals surface area contributed by atoms with E-state index in [1.54, 1.807) is 0 Å². The maximum atomic E-state index is 11.7. The van der Waals surface area contributed by atoms with E-state index in [4.69, 9.17) is 0 Å². The summed E-state index contributed by atoms with van der Waals surface area (Å²) in [6, 6.07) is 0. The topological polar surface area (TPSA) is 41.1 Å². The molecule has 1 aliphatic heterocycles. The summed E-state index contributed by atoms with van der Waals surface area (Å²) in [6.07, 6.45) is 7.30. The first-order valence-corrected chi connectivity index (χ1v) is 6.65. The summed E-state index contributed by atoms with van der Waals surface area (Å²) in [5.41, 5.74) is 0.367. The van der Waals surface area contributed by atoms with Crippen LogP contribution >= 0.6 is 0 Å². The molecule has 0 aromatic rings. The number of hydrogen-bond donors (Lipinski definition) is 2. The molecule has 1 heterocycles. The molecular formula is C13H24N2O. The van der Waals surface area contributed by atoms with E-state index in [2.05, 4.69) is 17.6 Å². The highest BCUT2D eigenvalue weighted by Gasteiger charge is 2.27. The van der Waals surface area contributed by atoms with Gasteiger partial charge in [-0.15, -0.1) is 0 Å². The van der Waals surface area contributed by atoms with Crippen LogP contribution in [-0.2, 0) is 4.79 Å². The molecule has 0 atom stereocenters. The maximum Gasteiger partial charge on any atom is 0.220 e. The molecule has 0 aromatic heterocycles. The summed E-state index contributed by atoms with van der Waals surface area (Å²) < 4.78 is 0. The van der Waals surface area contributed by atoms with Crippen LogP contribution in [-0.4, -0.2) is 25.5 Å². The standard InChI is InChI=1S/C13H24N2O/c1-13(5-3-2-4-6-13)10-15-12(16)7-11-8-14-9-11/h11,14H,2-10H2,1H3,(H,15,16). The number of rotatable bonds is 4. The lowest BCUT2D eigenvalue weighted by atomic mass is 9.75. The maximum absolute atomic E-state index is 11.7. The molecule has 92 valence electrons. The molecule has 0 radical (unpaired) electrons. The molecule has 0 bridgehead atoms. The third-order valence-electron chi connectivity index (χ3n) is 4.11. The highest BCUT2D eigenvalue weighted by Crippen LogP contribution is 2.34. The second-order valence-corrected chi connectivity index (χ2v) is 5.88. The zero-order valence-corrected chi connectivity index (χ0v) is 10.3. The van der Waals surface area contributed by atoms with Crippen LogP contribution in [0.1, 0.15) is 45.4 Å². The van der Waals surface area contributed by atoms with E-state index >= 15 is 0 Å². The Kier molecular flexibility index (Phi) is 3.85. The zero-order chi connectivity index (χ0) is 11.4. The van der Waals surface area contributed by atoms with Crippen LogP contribution in [0.15, 0.2) is 0 Å². The van der Waals surface area contributed by atoms with Gasteiger partial charge in [-0.3, -0.25) is 4.79 Å². The van der Waals surface area contributed by atoms with E-state index in [1.165, 1.54) is 32.1 Å². The van der Waals surface area contributed by atoms with Gasteiger partial charge in [-0.1, -0.05) is 26.2 Å². The van der Waals surface area contributed by atoms with E-state index in [9.17, 15) is 4.79 Å². The molecule has 3 nitrogen and oxygen atoms in total. The summed E-state index contributed by atoms with van der Waals surface area (Å²) in [4.78, 5) is 11.7. The predicted octanol–water partition coefficient (Wildman–Crippen LogP) is 1.68. The van der Waals surface area contributed by atoms with Crippen molar-refractivity contribution in [3.8, 4) is 0 Å². The van der Waals surface area contributed by atoms with E-state index < -0.39 is 0 Å². The van der Waals surface area contributed by atoms with Crippen molar-refractivity contribution >= 4 is 5.91 Å². The third-order valence-corrected chi connectivity index (χ3v) is 4.11. The molecule has 1 amide bonds. The normalized spacial score (nSPS) is 24.8. The Hall–Kier alpha value is -0.570. The fourth-order valence-electron chi connectivity index (χ4n) is 2.72. The largest absolute Gasteiger partial charge is 0.356 e. The molecule has 2 fully saturated rings. The molecule has 1 saturated carbocycles. The van der Waals surface area contributed by atoms with Crippen LogP contribution < -0.4 is 10.6 Å². The molecule has 0 unspecified atom stereocenters. The van der Waals surface area contributed by atoms with Crippen LogP contribution in [0.2, 0.25) is 0 Å². The number of carbonyl (C=O) groups is 1. The molecule has 16 heavy (non-hydrogen) atoms. The van der Waals surface area contributed by atoms with Crippen molar-refractivity contribution in [1.82, 2.24) is 10.6 Å². The van der Waals surface area contributed by atoms with Gasteiger partial charge in [0.1, 0.15) is 0 Å². The van der Waals surface area contributed by atoms with E-state index in [1.807, 2.05) is 0 Å². The van der Waals surface area contributed by atoms with Crippen LogP contribution in [0, 0.1) is 11.3 Å². The number of amides is 1. The van der Waals surface area contributed by atoms with Crippen molar-refractivity contribution in [1.29, 1.82) is 0 Å². The molecular weight excluding hydrogens is 200 g/mol. The lowest BCUT2D eigenvalue weighted by molar-refractivity contribution is -0.123. The quantitative estimate of drug-likeness (QED) is 0.763. The van der Waals surface area contributed by atoms with Gasteiger partial charge in [-0.2, -0.15) is 0 Å². The van der Waals surface area contributed by atoms with Gasteiger partial charge < -0.3 is 10.6 Å². The fraction of sp³-hybridized carbons (Fsp3) is 0.923. The zero-order valence-electron chi connectivity index (χ0n) is 10.3. The van der Waals surface area contributed by atoms with Gasteiger partial charge in [0.15, 0.2) is 0 Å². The minimum absolute atomic E-state index is 0.248. The van der Waals surface area contributed by atoms with Gasteiger partial charge in [-0.25, -0.2) is 0 Å². The van der Waals surface area contributed by atoms with Crippen LogP contribution in [0.4, 0.5) is 0 Å². The molecule has 2 N–H and O–H groups in total. The Balaban J connectivity index is 1.66. The number of nitrogens with one attached hydrogen (secondary N) is 2. The van der Waals surface area contributed by atoms with Crippen molar-refractivity contribution in [3.63, 3.8) is 0 Å². The van der Waals surface area contributed by atoms with E-state index in [0.29, 0.717) is 17.8 Å². The predicted molar refractivity (Wildman–Crippen MR) is 65.2 cm³/mol. The summed E-state index contributed by atoms with van der Waals surface area (Å²) in [6.45, 7) is 5.23. The molecule has 0 aromatic carbocycles. The van der Waals surface area contributed by atoms with Crippen LogP contribution in [0.3, 0.4) is 0 Å². The minimum atomic E-state index is 0.248. The smallest absolute Gasteiger partial charge is 0.220 e. The van der Waals surface area contributed by atoms with Gasteiger partial charge in [0.25, 0.3) is 0 Å². The summed E-state index contributed by atoms with van der Waals surface area (Å²) >= 11 is 0. The first kappa shape index (κ1) is 11.9. The second kappa shape index (κ2) is 5.17. The average Bonchev–Trinajstić information content (AvgIpc) is 2.22. The first-order valence-electron chi connectivity index (χ1n) is 6.65. The Bertz CT molecular complexity index is 242. The van der Waals surface area contributed by atoms with Gasteiger partial charge in [0.2, 0.25) is 5.91 Å². The fourth-order valence-corrected chi connectivity index (χ4v) is 2.72. The highest BCUT2D eigenvalue weighted by molar-refractivity contribution is 5.76.